The molecule has 0 atom stereocenters. The zero-order chi connectivity index (χ0) is 28.0. The Hall–Kier alpha value is -5.32. The molecule has 9 nitrogen and oxygen atoms in total. The summed E-state index contributed by atoms with van der Waals surface area (Å²) >= 11 is 0. The Balaban J connectivity index is 1.49. The molecular formula is C29H23F2N7O2. The van der Waals surface area contributed by atoms with Crippen molar-refractivity contribution in [1.29, 1.82) is 0 Å². The molecule has 1 amide bonds. The number of ether oxygens (including phenoxy) is 1. The molecule has 200 valence electrons. The van der Waals surface area contributed by atoms with Crippen LogP contribution >= 0.6 is 0 Å². The molecule has 4 heterocycles. The van der Waals surface area contributed by atoms with Gasteiger partial charge in [-0.2, -0.15) is 0 Å². The minimum absolute atomic E-state index is 0.000191. The van der Waals surface area contributed by atoms with Crippen molar-refractivity contribution in [2.75, 3.05) is 22.5 Å². The average Bonchev–Trinajstić information content (AvgIpc) is 3.50. The smallest absolute Gasteiger partial charge is 0.247 e. The van der Waals surface area contributed by atoms with E-state index in [9.17, 15) is 4.79 Å². The maximum atomic E-state index is 15.7. The normalized spacial score (nSPS) is 12.4. The number of aromatic nitrogens is 4. The predicted octanol–water partition coefficient (Wildman–Crippen LogP) is 5.73. The Labute approximate surface area is 227 Å². The molecular weight excluding hydrogens is 516 g/mol. The van der Waals surface area contributed by atoms with Gasteiger partial charge in [-0.25, -0.2) is 23.7 Å². The first-order chi connectivity index (χ1) is 19.4. The third kappa shape index (κ3) is 4.17. The van der Waals surface area contributed by atoms with E-state index in [0.717, 1.165) is 11.8 Å². The summed E-state index contributed by atoms with van der Waals surface area (Å²) in [6.45, 7) is 6.10. The second-order valence-electron chi connectivity index (χ2n) is 9.16. The Morgan fingerprint density at radius 1 is 1.12 bits per heavy atom. The van der Waals surface area contributed by atoms with E-state index < -0.39 is 17.5 Å². The summed E-state index contributed by atoms with van der Waals surface area (Å²) in [4.78, 5) is 26.5. The van der Waals surface area contributed by atoms with E-state index in [4.69, 9.17) is 10.5 Å². The van der Waals surface area contributed by atoms with Crippen LogP contribution in [0.4, 0.5) is 31.8 Å². The second-order valence-corrected chi connectivity index (χ2v) is 9.16. The molecule has 0 fully saturated rings. The zero-order valence-corrected chi connectivity index (χ0v) is 21.4. The zero-order valence-electron chi connectivity index (χ0n) is 21.4. The van der Waals surface area contributed by atoms with E-state index in [-0.39, 0.29) is 28.8 Å². The van der Waals surface area contributed by atoms with Crippen LogP contribution in [-0.2, 0) is 11.3 Å². The van der Waals surface area contributed by atoms with Crippen LogP contribution in [0, 0.1) is 18.6 Å². The van der Waals surface area contributed by atoms with E-state index in [1.54, 1.807) is 35.2 Å². The lowest BCUT2D eigenvalue weighted by molar-refractivity contribution is -0.111. The molecule has 0 spiro atoms. The fourth-order valence-corrected chi connectivity index (χ4v) is 4.92. The van der Waals surface area contributed by atoms with Crippen molar-refractivity contribution in [2.24, 2.45) is 0 Å². The number of hydrogen-bond acceptors (Lipinski definition) is 7. The Bertz CT molecular complexity index is 1820. The number of rotatable bonds is 6. The fraction of sp³-hybridized carbons (Fsp3) is 0.103. The third-order valence-electron chi connectivity index (χ3n) is 6.65. The summed E-state index contributed by atoms with van der Waals surface area (Å²) in [7, 11) is 0. The van der Waals surface area contributed by atoms with Crippen LogP contribution < -0.4 is 20.7 Å². The molecule has 0 unspecified atom stereocenters. The number of halogens is 2. The molecule has 0 bridgehead atoms. The standard InChI is InChI=1S/C29H23F2N7O2/c1-3-22(39)36-19-7-5-8-20(26(19)31)37-12-13-38-28-25(27(32)33-15-34-28)24(29(37)38)17-10-11-21(18(30)14-17)40-23-9-4-6-16(2)35-23/h3-11,14-15H,1,12-13H2,2H3,(H,36,39)(H2,32,33,34). The van der Waals surface area contributed by atoms with Crippen molar-refractivity contribution in [3.63, 3.8) is 0 Å². The topological polar surface area (TPSA) is 111 Å². The summed E-state index contributed by atoms with van der Waals surface area (Å²) in [5.41, 5.74) is 8.84. The van der Waals surface area contributed by atoms with Gasteiger partial charge in [-0.3, -0.25) is 4.79 Å². The first-order valence-corrected chi connectivity index (χ1v) is 12.4. The average molecular weight is 540 g/mol. The van der Waals surface area contributed by atoms with Crippen LogP contribution in [0.5, 0.6) is 11.6 Å². The molecule has 0 aliphatic carbocycles. The lowest BCUT2D eigenvalue weighted by Gasteiger charge is -2.22. The third-order valence-corrected chi connectivity index (χ3v) is 6.65. The van der Waals surface area contributed by atoms with Gasteiger partial charge >= 0.3 is 0 Å². The first-order valence-electron chi connectivity index (χ1n) is 12.4. The van der Waals surface area contributed by atoms with Gasteiger partial charge in [-0.15, -0.1) is 0 Å². The SMILES string of the molecule is C=CC(=O)Nc1cccc(N2CCn3c2c(-c2ccc(Oc4cccc(C)n4)c(F)c2)c2c(N)ncnc23)c1F. The molecule has 2 aromatic carbocycles. The highest BCUT2D eigenvalue weighted by Crippen LogP contribution is 2.48. The molecule has 6 rings (SSSR count). The lowest BCUT2D eigenvalue weighted by atomic mass is 10.0. The number of amides is 1. The largest absolute Gasteiger partial charge is 0.436 e. The van der Waals surface area contributed by atoms with Gasteiger partial charge < -0.3 is 25.3 Å². The summed E-state index contributed by atoms with van der Waals surface area (Å²) in [6, 6.07) is 14.5. The number of nitrogens with two attached hydrogens (primary N) is 1. The number of aryl methyl sites for hydroxylation is 1. The number of anilines is 4. The summed E-state index contributed by atoms with van der Waals surface area (Å²) < 4.78 is 38.7. The van der Waals surface area contributed by atoms with Gasteiger partial charge in [-0.05, 0) is 48.9 Å². The molecule has 5 aromatic rings. The van der Waals surface area contributed by atoms with Gasteiger partial charge in [0.2, 0.25) is 11.8 Å². The first kappa shape index (κ1) is 25.0. The Kier molecular flexibility index (Phi) is 6.10. The lowest BCUT2D eigenvalue weighted by Crippen LogP contribution is -2.17. The van der Waals surface area contributed by atoms with E-state index in [0.29, 0.717) is 41.1 Å². The van der Waals surface area contributed by atoms with Crippen LogP contribution in [0.3, 0.4) is 0 Å². The van der Waals surface area contributed by atoms with Crippen molar-refractivity contribution in [3.05, 3.63) is 90.9 Å². The highest BCUT2D eigenvalue weighted by molar-refractivity contribution is 6.08. The maximum Gasteiger partial charge on any atom is 0.247 e. The van der Waals surface area contributed by atoms with Crippen LogP contribution in [0.1, 0.15) is 5.69 Å². The predicted molar refractivity (Wildman–Crippen MR) is 149 cm³/mol. The van der Waals surface area contributed by atoms with Crippen LogP contribution in [0.15, 0.2) is 73.6 Å². The molecule has 11 heteroatoms. The number of nitrogens with zero attached hydrogens (tertiary/aromatic N) is 5. The van der Waals surface area contributed by atoms with Gasteiger partial charge in [0.05, 0.1) is 16.8 Å². The van der Waals surface area contributed by atoms with Gasteiger partial charge in [0.1, 0.15) is 23.6 Å². The molecule has 1 aliphatic heterocycles. The molecule has 40 heavy (non-hydrogen) atoms. The van der Waals surface area contributed by atoms with E-state index in [1.165, 1.54) is 24.5 Å². The Morgan fingerprint density at radius 2 is 1.95 bits per heavy atom. The van der Waals surface area contributed by atoms with E-state index >= 15 is 8.78 Å². The number of hydrogen-bond donors (Lipinski definition) is 2. The second kappa shape index (κ2) is 9.77. The number of pyridine rings is 1. The Morgan fingerprint density at radius 3 is 2.73 bits per heavy atom. The molecule has 3 aromatic heterocycles. The number of fused-ring (bicyclic) bond motifs is 3. The molecule has 0 radical (unpaired) electrons. The van der Waals surface area contributed by atoms with Gasteiger partial charge in [0.15, 0.2) is 17.4 Å². The van der Waals surface area contributed by atoms with Gasteiger partial charge in [0.25, 0.3) is 0 Å². The molecule has 3 N–H and O–H groups in total. The van der Waals surface area contributed by atoms with E-state index in [2.05, 4.69) is 26.8 Å². The van der Waals surface area contributed by atoms with E-state index in [1.807, 2.05) is 17.6 Å². The monoisotopic (exact) mass is 539 g/mol. The van der Waals surface area contributed by atoms with Crippen LogP contribution in [0.2, 0.25) is 0 Å². The van der Waals surface area contributed by atoms with Crippen molar-refractivity contribution in [3.8, 4) is 22.8 Å². The number of nitrogens with one attached hydrogen (secondary N) is 1. The van der Waals surface area contributed by atoms with Gasteiger partial charge in [-0.1, -0.05) is 24.8 Å². The van der Waals surface area contributed by atoms with Gasteiger partial charge in [0, 0.05) is 30.4 Å². The van der Waals surface area contributed by atoms with Crippen molar-refractivity contribution in [1.82, 2.24) is 19.5 Å². The minimum Gasteiger partial charge on any atom is -0.436 e. The van der Waals surface area contributed by atoms with Crippen LogP contribution in [0.25, 0.3) is 22.2 Å². The molecule has 1 aliphatic rings. The summed E-state index contributed by atoms with van der Waals surface area (Å²) in [6.07, 6.45) is 2.42. The van der Waals surface area contributed by atoms with Crippen LogP contribution in [-0.4, -0.2) is 32.0 Å². The fourth-order valence-electron chi connectivity index (χ4n) is 4.92. The quantitative estimate of drug-likeness (QED) is 0.265. The molecule has 0 saturated heterocycles. The number of carbonyl (C=O) groups excluding carboxylic acids is 1. The highest BCUT2D eigenvalue weighted by atomic mass is 19.1. The number of benzene rings is 2. The maximum absolute atomic E-state index is 15.7. The molecule has 0 saturated carbocycles. The number of nitrogen functional groups attached to an aromatic ring is 1. The van der Waals surface area contributed by atoms with Crippen molar-refractivity contribution in [2.45, 2.75) is 13.5 Å². The van der Waals surface area contributed by atoms with Crippen molar-refractivity contribution >= 4 is 40.0 Å². The highest BCUT2D eigenvalue weighted by Gasteiger charge is 2.33. The van der Waals surface area contributed by atoms with Crippen molar-refractivity contribution < 1.29 is 18.3 Å². The minimum atomic E-state index is -0.623. The summed E-state index contributed by atoms with van der Waals surface area (Å²) in [5, 5.41) is 3.01. The number of carbonyl (C=O) groups is 1. The summed E-state index contributed by atoms with van der Waals surface area (Å²) in [5.74, 6) is -0.727.